The number of rotatable bonds is 5. The third-order valence-corrected chi connectivity index (χ3v) is 3.70. The summed E-state index contributed by atoms with van der Waals surface area (Å²) in [6.07, 6.45) is 2.69. The first-order chi connectivity index (χ1) is 8.70. The molecule has 2 N–H and O–H groups in total. The lowest BCUT2D eigenvalue weighted by atomic mass is 10.2. The van der Waals surface area contributed by atoms with Crippen LogP contribution in [-0.4, -0.2) is 16.7 Å². The first-order valence-corrected chi connectivity index (χ1v) is 6.86. The number of nitrogens with zero attached hydrogens (tertiary/aromatic N) is 2. The van der Waals surface area contributed by atoms with Crippen LogP contribution in [-0.2, 0) is 6.42 Å². The number of benzene rings is 1. The van der Waals surface area contributed by atoms with Crippen LogP contribution in [0.4, 0.5) is 0 Å². The molecule has 0 aliphatic rings. The lowest BCUT2D eigenvalue weighted by Crippen LogP contribution is -1.99. The average Bonchev–Trinajstić information content (AvgIpc) is 2.82. The number of halogens is 2. The van der Waals surface area contributed by atoms with Crippen LogP contribution < -0.4 is 5.73 Å². The summed E-state index contributed by atoms with van der Waals surface area (Å²) in [4.78, 5) is 4.34. The number of nitrogens with two attached hydrogens (primary N) is 1. The minimum Gasteiger partial charge on any atom is -0.339 e. The maximum absolute atomic E-state index is 5.93. The molecule has 0 aliphatic carbocycles. The first-order valence-electron chi connectivity index (χ1n) is 5.69. The van der Waals surface area contributed by atoms with E-state index in [1.165, 1.54) is 0 Å². The van der Waals surface area contributed by atoms with Crippen LogP contribution in [0.15, 0.2) is 27.2 Å². The summed E-state index contributed by atoms with van der Waals surface area (Å²) in [5, 5.41) is 4.61. The molecular weight excluding hydrogens is 318 g/mol. The molecule has 96 valence electrons. The maximum atomic E-state index is 5.93. The standard InChI is InChI=1S/C12H13BrClN3O/c13-9-7-8(4-5-10(9)14)12-16-11(18-17-12)3-1-2-6-15/h4-5,7H,1-3,6,15H2. The van der Waals surface area contributed by atoms with Gasteiger partial charge in [0.1, 0.15) is 0 Å². The fourth-order valence-corrected chi connectivity index (χ4v) is 2.03. The molecule has 0 amide bonds. The smallest absolute Gasteiger partial charge is 0.226 e. The number of hydrogen-bond acceptors (Lipinski definition) is 4. The normalized spacial score (nSPS) is 10.8. The molecular formula is C12H13BrClN3O. The predicted molar refractivity (Wildman–Crippen MR) is 74.4 cm³/mol. The van der Waals surface area contributed by atoms with E-state index in [0.29, 0.717) is 23.3 Å². The Hall–Kier alpha value is -0.910. The van der Waals surface area contributed by atoms with E-state index in [-0.39, 0.29) is 0 Å². The Kier molecular flexibility index (Phi) is 4.74. The molecule has 0 atom stereocenters. The van der Waals surface area contributed by atoms with Crippen molar-refractivity contribution in [1.29, 1.82) is 0 Å². The molecule has 1 aromatic carbocycles. The zero-order valence-corrected chi connectivity index (χ0v) is 12.0. The molecule has 2 rings (SSSR count). The molecule has 0 fully saturated rings. The quantitative estimate of drug-likeness (QED) is 0.853. The molecule has 0 unspecified atom stereocenters. The Morgan fingerprint density at radius 1 is 1.33 bits per heavy atom. The molecule has 18 heavy (non-hydrogen) atoms. The van der Waals surface area contributed by atoms with E-state index in [1.807, 2.05) is 12.1 Å². The van der Waals surface area contributed by atoms with Crippen LogP contribution in [0.2, 0.25) is 5.02 Å². The summed E-state index contributed by atoms with van der Waals surface area (Å²) in [5.74, 6) is 1.22. The van der Waals surface area contributed by atoms with Gasteiger partial charge in [-0.2, -0.15) is 4.98 Å². The van der Waals surface area contributed by atoms with Crippen molar-refractivity contribution in [2.45, 2.75) is 19.3 Å². The fourth-order valence-electron chi connectivity index (χ4n) is 1.53. The minimum absolute atomic E-state index is 0.579. The SMILES string of the molecule is NCCCCc1nc(-c2ccc(Cl)c(Br)c2)no1. The van der Waals surface area contributed by atoms with Gasteiger partial charge in [0, 0.05) is 16.5 Å². The van der Waals surface area contributed by atoms with E-state index >= 15 is 0 Å². The summed E-state index contributed by atoms with van der Waals surface area (Å²) in [5.41, 5.74) is 6.31. The minimum atomic E-state index is 0.579. The largest absolute Gasteiger partial charge is 0.339 e. The van der Waals surface area contributed by atoms with Gasteiger partial charge >= 0.3 is 0 Å². The summed E-state index contributed by atoms with van der Waals surface area (Å²) >= 11 is 9.30. The predicted octanol–water partition coefficient (Wildman–Crippen LogP) is 3.43. The Labute approximate surface area is 119 Å². The molecule has 1 heterocycles. The Bertz CT molecular complexity index is 530. The maximum Gasteiger partial charge on any atom is 0.226 e. The molecule has 0 radical (unpaired) electrons. The van der Waals surface area contributed by atoms with Crippen LogP contribution in [0.5, 0.6) is 0 Å². The van der Waals surface area contributed by atoms with E-state index in [2.05, 4.69) is 26.1 Å². The molecule has 6 heteroatoms. The van der Waals surface area contributed by atoms with E-state index in [9.17, 15) is 0 Å². The van der Waals surface area contributed by atoms with E-state index in [4.69, 9.17) is 21.9 Å². The van der Waals surface area contributed by atoms with E-state index in [1.54, 1.807) is 6.07 Å². The van der Waals surface area contributed by atoms with Crippen LogP contribution in [0.3, 0.4) is 0 Å². The van der Waals surface area contributed by atoms with Crippen molar-refractivity contribution in [3.63, 3.8) is 0 Å². The lowest BCUT2D eigenvalue weighted by Gasteiger charge is -1.97. The van der Waals surface area contributed by atoms with Gasteiger partial charge in [-0.05, 0) is 53.5 Å². The molecule has 0 saturated heterocycles. The Morgan fingerprint density at radius 3 is 2.89 bits per heavy atom. The van der Waals surface area contributed by atoms with Crippen molar-refractivity contribution in [3.05, 3.63) is 33.6 Å². The summed E-state index contributed by atoms with van der Waals surface area (Å²) in [6.45, 7) is 0.686. The Balaban J connectivity index is 2.11. The average molecular weight is 331 g/mol. The monoisotopic (exact) mass is 329 g/mol. The number of unbranched alkanes of at least 4 members (excludes halogenated alkanes) is 1. The molecule has 0 bridgehead atoms. The number of aromatic nitrogens is 2. The van der Waals surface area contributed by atoms with Gasteiger partial charge in [-0.3, -0.25) is 0 Å². The lowest BCUT2D eigenvalue weighted by molar-refractivity contribution is 0.375. The van der Waals surface area contributed by atoms with E-state index in [0.717, 1.165) is 29.3 Å². The second-order valence-corrected chi connectivity index (χ2v) is 5.15. The second-order valence-electron chi connectivity index (χ2n) is 3.89. The van der Waals surface area contributed by atoms with Crippen LogP contribution >= 0.6 is 27.5 Å². The van der Waals surface area contributed by atoms with Crippen LogP contribution in [0.1, 0.15) is 18.7 Å². The topological polar surface area (TPSA) is 64.9 Å². The summed E-state index contributed by atoms with van der Waals surface area (Å²) in [7, 11) is 0. The second kappa shape index (κ2) is 6.31. The van der Waals surface area contributed by atoms with Gasteiger partial charge in [0.05, 0.1) is 5.02 Å². The van der Waals surface area contributed by atoms with Crippen molar-refractivity contribution in [2.24, 2.45) is 5.73 Å². The van der Waals surface area contributed by atoms with Crippen molar-refractivity contribution in [3.8, 4) is 11.4 Å². The fraction of sp³-hybridized carbons (Fsp3) is 0.333. The molecule has 0 aliphatic heterocycles. The van der Waals surface area contributed by atoms with Gasteiger partial charge in [-0.1, -0.05) is 16.8 Å². The summed E-state index contributed by atoms with van der Waals surface area (Å²) < 4.78 is 6.00. The Morgan fingerprint density at radius 2 is 2.17 bits per heavy atom. The zero-order valence-electron chi connectivity index (χ0n) is 9.70. The van der Waals surface area contributed by atoms with Gasteiger partial charge in [0.25, 0.3) is 0 Å². The zero-order chi connectivity index (χ0) is 13.0. The van der Waals surface area contributed by atoms with Gasteiger partial charge in [-0.25, -0.2) is 0 Å². The van der Waals surface area contributed by atoms with Gasteiger partial charge in [0.2, 0.25) is 11.7 Å². The highest BCUT2D eigenvalue weighted by molar-refractivity contribution is 9.10. The summed E-state index contributed by atoms with van der Waals surface area (Å²) in [6, 6.07) is 5.53. The van der Waals surface area contributed by atoms with Gasteiger partial charge in [-0.15, -0.1) is 0 Å². The highest BCUT2D eigenvalue weighted by Gasteiger charge is 2.09. The van der Waals surface area contributed by atoms with Crippen molar-refractivity contribution < 1.29 is 4.52 Å². The number of aryl methyl sites for hydroxylation is 1. The molecule has 0 spiro atoms. The number of hydrogen-bond donors (Lipinski definition) is 1. The first kappa shape index (κ1) is 13.5. The molecule has 0 saturated carbocycles. The third kappa shape index (κ3) is 3.31. The highest BCUT2D eigenvalue weighted by atomic mass is 79.9. The van der Waals surface area contributed by atoms with Crippen LogP contribution in [0, 0.1) is 0 Å². The molecule has 2 aromatic rings. The van der Waals surface area contributed by atoms with Crippen LogP contribution in [0.25, 0.3) is 11.4 Å². The van der Waals surface area contributed by atoms with Gasteiger partial charge in [0.15, 0.2) is 0 Å². The van der Waals surface area contributed by atoms with Crippen molar-refractivity contribution in [2.75, 3.05) is 6.54 Å². The van der Waals surface area contributed by atoms with Crippen molar-refractivity contribution in [1.82, 2.24) is 10.1 Å². The highest BCUT2D eigenvalue weighted by Crippen LogP contribution is 2.27. The molecule has 1 aromatic heterocycles. The van der Waals surface area contributed by atoms with Crippen molar-refractivity contribution >= 4 is 27.5 Å². The van der Waals surface area contributed by atoms with Gasteiger partial charge < -0.3 is 10.3 Å². The molecule has 4 nitrogen and oxygen atoms in total. The van der Waals surface area contributed by atoms with E-state index < -0.39 is 0 Å². The third-order valence-electron chi connectivity index (χ3n) is 2.49.